The Morgan fingerprint density at radius 3 is 2.31 bits per heavy atom. The molecule has 1 atom stereocenters. The van der Waals surface area contributed by atoms with Crippen LogP contribution >= 0.6 is 0 Å². The summed E-state index contributed by atoms with van der Waals surface area (Å²) in [5, 5.41) is 3.09. The summed E-state index contributed by atoms with van der Waals surface area (Å²) in [7, 11) is 0. The third kappa shape index (κ3) is 2.45. The molecule has 0 saturated heterocycles. The highest BCUT2D eigenvalue weighted by molar-refractivity contribution is 5.57. The molecule has 1 saturated carbocycles. The second kappa shape index (κ2) is 4.64. The van der Waals surface area contributed by atoms with E-state index in [0.717, 1.165) is 12.5 Å². The molecule has 73 valence electrons. The highest BCUT2D eigenvalue weighted by Gasteiger charge is 2.22. The first kappa shape index (κ1) is 9.04. The van der Waals surface area contributed by atoms with E-state index in [0.29, 0.717) is 6.04 Å². The van der Waals surface area contributed by atoms with E-state index in [1.807, 2.05) is 0 Å². The quantitative estimate of drug-likeness (QED) is 0.656. The van der Waals surface area contributed by atoms with Gasteiger partial charge in [-0.25, -0.2) is 0 Å². The lowest BCUT2D eigenvalue weighted by Crippen LogP contribution is -2.25. The standard InChI is InChI=1S/C11H19N2/c1-2-4-6-10(7-5-3-1)11-8-12-9-13-11/h10-11H,1-8H2,(H,12,13). The molecule has 2 nitrogen and oxygen atoms in total. The molecule has 0 aromatic rings. The van der Waals surface area contributed by atoms with Crippen molar-refractivity contribution in [2.45, 2.75) is 51.0 Å². The molecule has 13 heavy (non-hydrogen) atoms. The van der Waals surface area contributed by atoms with Gasteiger partial charge >= 0.3 is 0 Å². The average Bonchev–Trinajstić information content (AvgIpc) is 2.55. The van der Waals surface area contributed by atoms with Gasteiger partial charge in [0, 0.05) is 6.54 Å². The van der Waals surface area contributed by atoms with E-state index in [1.165, 1.54) is 44.9 Å². The van der Waals surface area contributed by atoms with Crippen molar-refractivity contribution in [1.82, 2.24) is 5.32 Å². The molecular formula is C11H19N2. The average molecular weight is 179 g/mol. The van der Waals surface area contributed by atoms with Gasteiger partial charge in [0.15, 0.2) is 6.34 Å². The van der Waals surface area contributed by atoms with Crippen LogP contribution < -0.4 is 5.32 Å². The molecule has 0 bridgehead atoms. The Bertz CT molecular complexity index is 169. The summed E-state index contributed by atoms with van der Waals surface area (Å²) in [6.07, 6.45) is 12.8. The van der Waals surface area contributed by atoms with Crippen molar-refractivity contribution in [2.75, 3.05) is 6.54 Å². The topological polar surface area (TPSA) is 24.4 Å². The normalized spacial score (nSPS) is 30.9. The van der Waals surface area contributed by atoms with Crippen LogP contribution in [-0.2, 0) is 0 Å². The Morgan fingerprint density at radius 2 is 1.69 bits per heavy atom. The number of aliphatic imine (C=N–C) groups is 1. The third-order valence-electron chi connectivity index (χ3n) is 3.31. The van der Waals surface area contributed by atoms with E-state index in [9.17, 15) is 0 Å². The molecule has 1 N–H and O–H groups in total. The van der Waals surface area contributed by atoms with Crippen molar-refractivity contribution >= 4 is 6.34 Å². The number of nitrogens with one attached hydrogen (secondary N) is 1. The smallest absolute Gasteiger partial charge is 0.164 e. The van der Waals surface area contributed by atoms with Gasteiger partial charge in [-0.1, -0.05) is 32.1 Å². The van der Waals surface area contributed by atoms with Gasteiger partial charge in [-0.3, -0.25) is 4.99 Å². The van der Waals surface area contributed by atoms with Crippen LogP contribution in [0.4, 0.5) is 0 Å². The summed E-state index contributed by atoms with van der Waals surface area (Å²) in [5.41, 5.74) is 0. The van der Waals surface area contributed by atoms with Crippen LogP contribution in [0.3, 0.4) is 0 Å². The van der Waals surface area contributed by atoms with Crippen LogP contribution in [0.25, 0.3) is 0 Å². The fourth-order valence-corrected chi connectivity index (χ4v) is 2.47. The van der Waals surface area contributed by atoms with Gasteiger partial charge in [0.25, 0.3) is 0 Å². The van der Waals surface area contributed by atoms with Gasteiger partial charge in [0.1, 0.15) is 0 Å². The van der Waals surface area contributed by atoms with Gasteiger partial charge in [0.2, 0.25) is 0 Å². The van der Waals surface area contributed by atoms with Gasteiger partial charge in [-0.2, -0.15) is 0 Å². The summed E-state index contributed by atoms with van der Waals surface area (Å²) in [5.74, 6) is 0.836. The van der Waals surface area contributed by atoms with Crippen LogP contribution in [0.5, 0.6) is 0 Å². The van der Waals surface area contributed by atoms with Crippen molar-refractivity contribution in [3.05, 3.63) is 0 Å². The SMILES string of the molecule is [C]1=NC(C2CCCCCCC2)CN1. The fraction of sp³-hybridized carbons (Fsp3) is 0.909. The Hall–Kier alpha value is -0.530. The molecule has 2 heteroatoms. The minimum absolute atomic E-state index is 0.540. The molecule has 2 aliphatic rings. The first-order valence-corrected chi connectivity index (χ1v) is 5.64. The highest BCUT2D eigenvalue weighted by Crippen LogP contribution is 2.26. The van der Waals surface area contributed by atoms with Crippen molar-refractivity contribution in [1.29, 1.82) is 0 Å². The van der Waals surface area contributed by atoms with E-state index >= 15 is 0 Å². The molecule has 1 aliphatic carbocycles. The molecule has 1 fully saturated rings. The molecule has 0 amide bonds. The molecule has 1 unspecified atom stereocenters. The van der Waals surface area contributed by atoms with Crippen LogP contribution in [-0.4, -0.2) is 18.9 Å². The molecule has 0 aromatic heterocycles. The third-order valence-corrected chi connectivity index (χ3v) is 3.31. The van der Waals surface area contributed by atoms with Gasteiger partial charge in [0.05, 0.1) is 6.04 Å². The molecule has 1 heterocycles. The lowest BCUT2D eigenvalue weighted by Gasteiger charge is -2.22. The monoisotopic (exact) mass is 179 g/mol. The largest absolute Gasteiger partial charge is 0.365 e. The van der Waals surface area contributed by atoms with Crippen LogP contribution in [0, 0.1) is 5.92 Å². The summed E-state index contributed by atoms with van der Waals surface area (Å²) >= 11 is 0. The maximum absolute atomic E-state index is 4.37. The Morgan fingerprint density at radius 1 is 1.00 bits per heavy atom. The minimum Gasteiger partial charge on any atom is -0.365 e. The van der Waals surface area contributed by atoms with Crippen LogP contribution in [0.2, 0.25) is 0 Å². The van der Waals surface area contributed by atoms with E-state index < -0.39 is 0 Å². The van der Waals surface area contributed by atoms with Crippen LogP contribution in [0.15, 0.2) is 4.99 Å². The van der Waals surface area contributed by atoms with Gasteiger partial charge in [-0.05, 0) is 18.8 Å². The maximum Gasteiger partial charge on any atom is 0.164 e. The lowest BCUT2D eigenvalue weighted by atomic mass is 9.86. The predicted octanol–water partition coefficient (Wildman–Crippen LogP) is 2.22. The first-order chi connectivity index (χ1) is 6.47. The first-order valence-electron chi connectivity index (χ1n) is 5.64. The second-order valence-corrected chi connectivity index (χ2v) is 4.29. The molecule has 1 radical (unpaired) electrons. The zero-order chi connectivity index (χ0) is 8.93. The Balaban J connectivity index is 1.84. The molecule has 0 spiro atoms. The van der Waals surface area contributed by atoms with E-state index in [1.54, 1.807) is 0 Å². The number of hydrogen-bond acceptors (Lipinski definition) is 2. The summed E-state index contributed by atoms with van der Waals surface area (Å²) in [6.45, 7) is 1.03. The molecule has 0 aromatic carbocycles. The van der Waals surface area contributed by atoms with Crippen LogP contribution in [0.1, 0.15) is 44.9 Å². The summed E-state index contributed by atoms with van der Waals surface area (Å²) in [6, 6.07) is 0.540. The number of hydrogen-bond donors (Lipinski definition) is 1. The van der Waals surface area contributed by atoms with Gasteiger partial charge in [-0.15, -0.1) is 0 Å². The summed E-state index contributed by atoms with van der Waals surface area (Å²) in [4.78, 5) is 4.37. The van der Waals surface area contributed by atoms with Crippen molar-refractivity contribution in [3.8, 4) is 0 Å². The predicted molar refractivity (Wildman–Crippen MR) is 55.0 cm³/mol. The minimum atomic E-state index is 0.540. The zero-order valence-corrected chi connectivity index (χ0v) is 8.26. The highest BCUT2D eigenvalue weighted by atomic mass is 15.0. The number of nitrogens with zero attached hydrogens (tertiary/aromatic N) is 1. The van der Waals surface area contributed by atoms with E-state index in [4.69, 9.17) is 0 Å². The number of rotatable bonds is 1. The molecular weight excluding hydrogens is 160 g/mol. The second-order valence-electron chi connectivity index (χ2n) is 4.29. The lowest BCUT2D eigenvalue weighted by molar-refractivity contribution is 0.331. The van der Waals surface area contributed by atoms with Crippen molar-refractivity contribution < 1.29 is 0 Å². The fourth-order valence-electron chi connectivity index (χ4n) is 2.47. The van der Waals surface area contributed by atoms with Gasteiger partial charge < -0.3 is 5.32 Å². The molecule has 1 aliphatic heterocycles. The molecule has 2 rings (SSSR count). The van der Waals surface area contributed by atoms with E-state index in [-0.39, 0.29) is 0 Å². The maximum atomic E-state index is 4.37. The zero-order valence-electron chi connectivity index (χ0n) is 8.26. The Kier molecular flexibility index (Phi) is 3.22. The summed E-state index contributed by atoms with van der Waals surface area (Å²) < 4.78 is 0. The van der Waals surface area contributed by atoms with Crippen molar-refractivity contribution in [3.63, 3.8) is 0 Å². The van der Waals surface area contributed by atoms with Crippen molar-refractivity contribution in [2.24, 2.45) is 10.9 Å². The van der Waals surface area contributed by atoms with E-state index in [2.05, 4.69) is 16.6 Å². The Labute approximate surface area is 80.8 Å².